The van der Waals surface area contributed by atoms with Gasteiger partial charge in [-0.3, -0.25) is 0 Å². The van der Waals surface area contributed by atoms with Crippen LogP contribution in [-0.4, -0.2) is 48.6 Å². The molecule has 1 fully saturated rings. The highest BCUT2D eigenvalue weighted by molar-refractivity contribution is 8.00. The number of rotatable bonds is 4. The van der Waals surface area contributed by atoms with Crippen molar-refractivity contribution in [2.24, 2.45) is 0 Å². The molecule has 1 aliphatic carbocycles. The van der Waals surface area contributed by atoms with Gasteiger partial charge in [-0.1, -0.05) is 30.7 Å². The molecule has 1 saturated heterocycles. The maximum absolute atomic E-state index is 2.68. The van der Waals surface area contributed by atoms with E-state index in [4.69, 9.17) is 0 Å². The third kappa shape index (κ3) is 3.67. The quantitative estimate of drug-likeness (QED) is 0.681. The average molecular weight is 373 g/mol. The molecule has 2 nitrogen and oxygen atoms in total. The van der Waals surface area contributed by atoms with Crippen molar-refractivity contribution >= 4 is 29.2 Å². The summed E-state index contributed by atoms with van der Waals surface area (Å²) in [4.78, 5) is 8.07. The molecule has 0 amide bonds. The number of piperidine rings is 1. The fourth-order valence-electron chi connectivity index (χ4n) is 4.29. The Hall–Kier alpha value is -0.840. The second-order valence-corrected chi connectivity index (χ2v) is 9.39. The van der Waals surface area contributed by atoms with Gasteiger partial charge in [0.2, 0.25) is 0 Å². The highest BCUT2D eigenvalue weighted by Gasteiger charge is 2.33. The summed E-state index contributed by atoms with van der Waals surface area (Å²) in [5, 5.41) is 0.543. The first kappa shape index (κ1) is 17.6. The van der Waals surface area contributed by atoms with E-state index in [1.54, 1.807) is 0 Å². The number of anilines is 1. The molecule has 3 unspecified atom stereocenters. The van der Waals surface area contributed by atoms with Crippen LogP contribution < -0.4 is 4.90 Å². The van der Waals surface area contributed by atoms with Crippen LogP contribution in [0.4, 0.5) is 5.69 Å². The van der Waals surface area contributed by atoms with E-state index in [0.29, 0.717) is 11.3 Å². The molecule has 0 spiro atoms. The molecule has 134 valence electrons. The lowest BCUT2D eigenvalue weighted by Gasteiger charge is -2.43. The third-order valence-corrected chi connectivity index (χ3v) is 7.81. The summed E-state index contributed by atoms with van der Waals surface area (Å²) in [7, 11) is 2.31. The number of benzene rings is 1. The highest BCUT2D eigenvalue weighted by Crippen LogP contribution is 2.45. The van der Waals surface area contributed by atoms with Gasteiger partial charge in [0.15, 0.2) is 0 Å². The van der Waals surface area contributed by atoms with Gasteiger partial charge >= 0.3 is 0 Å². The molecule has 2 heterocycles. The molecular formula is C21H28N2S2. The lowest BCUT2D eigenvalue weighted by atomic mass is 9.98. The largest absolute Gasteiger partial charge is 0.363 e. The molecule has 25 heavy (non-hydrogen) atoms. The Bertz CT molecular complexity index is 670. The van der Waals surface area contributed by atoms with Gasteiger partial charge in [0, 0.05) is 22.4 Å². The number of likely N-dealkylation sites (tertiary alicyclic amines) is 1. The predicted molar refractivity (Wildman–Crippen MR) is 112 cm³/mol. The zero-order valence-electron chi connectivity index (χ0n) is 15.2. The lowest BCUT2D eigenvalue weighted by molar-refractivity contribution is 0.177. The van der Waals surface area contributed by atoms with Gasteiger partial charge in [0.1, 0.15) is 0 Å². The first-order valence-corrected chi connectivity index (χ1v) is 11.5. The van der Waals surface area contributed by atoms with Crippen molar-refractivity contribution in [1.82, 2.24) is 4.90 Å². The van der Waals surface area contributed by atoms with E-state index in [-0.39, 0.29) is 0 Å². The van der Waals surface area contributed by atoms with Crippen molar-refractivity contribution in [2.75, 3.05) is 31.3 Å². The van der Waals surface area contributed by atoms with Crippen LogP contribution in [0, 0.1) is 0 Å². The van der Waals surface area contributed by atoms with Crippen LogP contribution in [0.3, 0.4) is 0 Å². The van der Waals surface area contributed by atoms with Gasteiger partial charge in [-0.25, -0.2) is 0 Å². The summed E-state index contributed by atoms with van der Waals surface area (Å²) in [6, 6.07) is 8.24. The predicted octanol–water partition coefficient (Wildman–Crippen LogP) is 5.06. The van der Waals surface area contributed by atoms with Gasteiger partial charge in [-0.2, -0.15) is 0 Å². The van der Waals surface area contributed by atoms with E-state index in [2.05, 4.69) is 65.6 Å². The molecular weight excluding hydrogens is 344 g/mol. The van der Waals surface area contributed by atoms with Crippen LogP contribution in [0.15, 0.2) is 52.3 Å². The normalized spacial score (nSPS) is 28.7. The summed E-state index contributed by atoms with van der Waals surface area (Å²) in [5.74, 6) is 0. The van der Waals surface area contributed by atoms with Crippen molar-refractivity contribution in [3.63, 3.8) is 0 Å². The van der Waals surface area contributed by atoms with Gasteiger partial charge in [0.05, 0.1) is 17.0 Å². The van der Waals surface area contributed by atoms with E-state index in [1.165, 1.54) is 47.7 Å². The number of allylic oxidation sites excluding steroid dienone is 2. The summed E-state index contributed by atoms with van der Waals surface area (Å²) < 4.78 is 0. The molecule has 3 aliphatic rings. The molecule has 0 N–H and O–H groups in total. The van der Waals surface area contributed by atoms with Gasteiger partial charge in [-0.15, -0.1) is 23.5 Å². The second-order valence-electron chi connectivity index (χ2n) is 7.29. The number of hydrogen-bond donors (Lipinski definition) is 0. The molecule has 0 radical (unpaired) electrons. The van der Waals surface area contributed by atoms with E-state index < -0.39 is 0 Å². The van der Waals surface area contributed by atoms with Gasteiger partial charge in [0.25, 0.3) is 0 Å². The van der Waals surface area contributed by atoms with E-state index in [1.807, 2.05) is 23.5 Å². The Kier molecular flexibility index (Phi) is 5.49. The van der Waals surface area contributed by atoms with Crippen molar-refractivity contribution in [1.29, 1.82) is 0 Å². The molecule has 4 heteroatoms. The van der Waals surface area contributed by atoms with Crippen molar-refractivity contribution in [2.45, 2.75) is 52.8 Å². The van der Waals surface area contributed by atoms with E-state index >= 15 is 0 Å². The zero-order chi connectivity index (χ0) is 17.2. The maximum Gasteiger partial charge on any atom is 0.0634 e. The van der Waals surface area contributed by atoms with Crippen molar-refractivity contribution < 1.29 is 0 Å². The number of fused-ring (bicyclic) bond motifs is 2. The fourth-order valence-corrected chi connectivity index (χ4v) is 6.00. The molecule has 4 rings (SSSR count). The molecule has 1 aromatic carbocycles. The Morgan fingerprint density at radius 2 is 2.08 bits per heavy atom. The Morgan fingerprint density at radius 3 is 2.92 bits per heavy atom. The monoisotopic (exact) mass is 372 g/mol. The number of hydrogen-bond acceptors (Lipinski definition) is 4. The highest BCUT2D eigenvalue weighted by atomic mass is 32.2. The Morgan fingerprint density at radius 1 is 1.20 bits per heavy atom. The summed E-state index contributed by atoms with van der Waals surface area (Å²) in [6.07, 6.45) is 16.8. The van der Waals surface area contributed by atoms with E-state index in [9.17, 15) is 0 Å². The Labute approximate surface area is 160 Å². The van der Waals surface area contributed by atoms with Crippen LogP contribution >= 0.6 is 23.5 Å². The van der Waals surface area contributed by atoms with Crippen molar-refractivity contribution in [3.8, 4) is 0 Å². The van der Waals surface area contributed by atoms with Crippen LogP contribution in [0.5, 0.6) is 0 Å². The average Bonchev–Trinajstić information content (AvgIpc) is 2.66. The standard InChI is InChI=1S/C21H28N2S2/c1-22-13-6-5-7-16(22)12-14-23-18-8-3-4-9-20(18)25-21-11-10-17(24-2)15-19(21)23/h3-4,8-11,15-16,18,20H,5-7,12-14H2,1-2H3. The smallest absolute Gasteiger partial charge is 0.0634 e. The van der Waals surface area contributed by atoms with Crippen LogP contribution in [0.25, 0.3) is 0 Å². The van der Waals surface area contributed by atoms with Crippen LogP contribution in [0.2, 0.25) is 0 Å². The van der Waals surface area contributed by atoms with Gasteiger partial charge in [-0.05, 0) is 57.3 Å². The minimum atomic E-state index is 0.494. The zero-order valence-corrected chi connectivity index (χ0v) is 16.9. The third-order valence-electron chi connectivity index (χ3n) is 5.78. The molecule has 0 aromatic heterocycles. The minimum absolute atomic E-state index is 0.494. The maximum atomic E-state index is 2.68. The molecule has 0 saturated carbocycles. The van der Waals surface area contributed by atoms with E-state index in [0.717, 1.165) is 12.6 Å². The van der Waals surface area contributed by atoms with Crippen molar-refractivity contribution in [3.05, 3.63) is 42.5 Å². The fraction of sp³-hybridized carbons (Fsp3) is 0.524. The summed E-state index contributed by atoms with van der Waals surface area (Å²) >= 11 is 3.87. The SMILES string of the molecule is CSc1ccc2c(c1)N(CCC1CCCCN1C)C1C=CC=CC1S2. The van der Waals surface area contributed by atoms with Crippen LogP contribution in [-0.2, 0) is 0 Å². The number of thioether (sulfide) groups is 2. The summed E-state index contributed by atoms with van der Waals surface area (Å²) in [5.41, 5.74) is 1.44. The topological polar surface area (TPSA) is 6.48 Å². The molecule has 2 aliphatic heterocycles. The minimum Gasteiger partial charge on any atom is -0.363 e. The second kappa shape index (κ2) is 7.81. The lowest BCUT2D eigenvalue weighted by Crippen LogP contribution is -2.47. The summed E-state index contributed by atoms with van der Waals surface area (Å²) in [6.45, 7) is 2.42. The first-order chi connectivity index (χ1) is 12.3. The van der Waals surface area contributed by atoms with Crippen LogP contribution in [0.1, 0.15) is 25.7 Å². The molecule has 1 aromatic rings. The van der Waals surface area contributed by atoms with Gasteiger partial charge < -0.3 is 9.80 Å². The Balaban J connectivity index is 1.59. The molecule has 3 atom stereocenters. The first-order valence-electron chi connectivity index (χ1n) is 9.43. The number of nitrogens with zero attached hydrogens (tertiary/aromatic N) is 2. The molecule has 0 bridgehead atoms.